The number of aliphatic hydroxyl groups is 1. The first-order chi connectivity index (χ1) is 15.1. The van der Waals surface area contributed by atoms with E-state index in [0.29, 0.717) is 12.8 Å². The Kier molecular flexibility index (Phi) is 6.51. The van der Waals surface area contributed by atoms with Gasteiger partial charge < -0.3 is 9.67 Å². The van der Waals surface area contributed by atoms with Gasteiger partial charge in [0, 0.05) is 29.6 Å². The van der Waals surface area contributed by atoms with Gasteiger partial charge in [-0.2, -0.15) is 0 Å². The fraction of sp³-hybridized carbons (Fsp3) is 0.143. The van der Waals surface area contributed by atoms with Crippen molar-refractivity contribution in [2.45, 2.75) is 18.4 Å². The molecule has 1 N–H and O–H groups in total. The first-order valence-electron chi connectivity index (χ1n) is 10.6. The molecule has 0 aliphatic heterocycles. The van der Waals surface area contributed by atoms with Gasteiger partial charge >= 0.3 is 0 Å². The fourth-order valence-electron chi connectivity index (χ4n) is 4.21. The molecule has 0 heterocycles. The molecule has 0 aromatic heterocycles. The summed E-state index contributed by atoms with van der Waals surface area (Å²) in [5, 5.41) is 13.6. The Bertz CT molecular complexity index is 1040. The van der Waals surface area contributed by atoms with Crippen LogP contribution in [0, 0.1) is 0 Å². The van der Waals surface area contributed by atoms with E-state index in [-0.39, 0.29) is 6.16 Å². The van der Waals surface area contributed by atoms with Crippen molar-refractivity contribution in [3.05, 3.63) is 132 Å². The Morgan fingerprint density at radius 2 is 0.871 bits per heavy atom. The average molecular weight is 426 g/mol. The van der Waals surface area contributed by atoms with Crippen molar-refractivity contribution in [2.75, 3.05) is 6.16 Å². The van der Waals surface area contributed by atoms with Gasteiger partial charge in [0.1, 0.15) is 7.14 Å². The molecule has 0 aliphatic rings. The zero-order valence-corrected chi connectivity index (χ0v) is 18.4. The van der Waals surface area contributed by atoms with Crippen LogP contribution in [0.2, 0.25) is 0 Å². The summed E-state index contributed by atoms with van der Waals surface area (Å²) in [5.74, 6) is 0. The van der Waals surface area contributed by atoms with Gasteiger partial charge in [-0.05, 0) is 11.1 Å². The highest BCUT2D eigenvalue weighted by atomic mass is 31.2. The van der Waals surface area contributed by atoms with Crippen LogP contribution in [-0.4, -0.2) is 16.9 Å². The standard InChI is InChI=1S/C28H27O2P/c29-28(21-24-13-5-1-6-14-24,22-25-15-7-2-8-16-25)23-31(30,26-17-9-3-10-18-26)27-19-11-4-12-20-27/h1-20,29H,21-23H2. The zero-order chi connectivity index (χ0) is 21.6. The molecule has 4 aromatic carbocycles. The van der Waals surface area contributed by atoms with Crippen molar-refractivity contribution in [1.82, 2.24) is 0 Å². The van der Waals surface area contributed by atoms with Crippen LogP contribution in [0.25, 0.3) is 0 Å². The molecule has 0 fully saturated rings. The van der Waals surface area contributed by atoms with Crippen LogP contribution in [-0.2, 0) is 17.4 Å². The van der Waals surface area contributed by atoms with Crippen LogP contribution in [0.3, 0.4) is 0 Å². The van der Waals surface area contributed by atoms with Gasteiger partial charge in [0.2, 0.25) is 0 Å². The second kappa shape index (κ2) is 9.47. The van der Waals surface area contributed by atoms with Crippen molar-refractivity contribution in [2.24, 2.45) is 0 Å². The Morgan fingerprint density at radius 3 is 1.23 bits per heavy atom. The fourth-order valence-corrected chi connectivity index (χ4v) is 7.23. The Morgan fingerprint density at radius 1 is 0.548 bits per heavy atom. The molecule has 2 nitrogen and oxygen atoms in total. The smallest absolute Gasteiger partial charge is 0.146 e. The molecule has 0 atom stereocenters. The highest BCUT2D eigenvalue weighted by molar-refractivity contribution is 7.78. The highest BCUT2D eigenvalue weighted by Crippen LogP contribution is 2.47. The monoisotopic (exact) mass is 426 g/mol. The molecular formula is C28H27O2P. The zero-order valence-electron chi connectivity index (χ0n) is 17.5. The van der Waals surface area contributed by atoms with Crippen LogP contribution >= 0.6 is 7.14 Å². The second-order valence-corrected chi connectivity index (χ2v) is 10.9. The molecule has 3 heteroatoms. The maximum atomic E-state index is 14.7. The minimum absolute atomic E-state index is 0.178. The van der Waals surface area contributed by atoms with E-state index in [0.717, 1.165) is 21.7 Å². The maximum Gasteiger partial charge on any atom is 0.146 e. The number of hydrogen-bond donors (Lipinski definition) is 1. The molecule has 0 amide bonds. The Hall–Kier alpha value is -2.93. The SMILES string of the molecule is O=P(CC(O)(Cc1ccccc1)Cc1ccccc1)(c1ccccc1)c1ccccc1. The summed E-state index contributed by atoms with van der Waals surface area (Å²) >= 11 is 0. The summed E-state index contributed by atoms with van der Waals surface area (Å²) in [7, 11) is -3.07. The Balaban J connectivity index is 1.78. The van der Waals surface area contributed by atoms with Gasteiger partial charge in [0.15, 0.2) is 0 Å². The van der Waals surface area contributed by atoms with Crippen molar-refractivity contribution >= 4 is 17.8 Å². The van der Waals surface area contributed by atoms with E-state index in [9.17, 15) is 9.67 Å². The van der Waals surface area contributed by atoms with E-state index in [1.54, 1.807) is 0 Å². The van der Waals surface area contributed by atoms with Crippen molar-refractivity contribution in [3.63, 3.8) is 0 Å². The first kappa shape index (κ1) is 21.3. The lowest BCUT2D eigenvalue weighted by molar-refractivity contribution is 0.0641. The third-order valence-corrected chi connectivity index (χ3v) is 8.91. The largest absolute Gasteiger partial charge is 0.389 e. The van der Waals surface area contributed by atoms with Crippen LogP contribution < -0.4 is 10.6 Å². The average Bonchev–Trinajstić information content (AvgIpc) is 2.81. The van der Waals surface area contributed by atoms with Crippen molar-refractivity contribution < 1.29 is 9.67 Å². The predicted molar refractivity (Wildman–Crippen MR) is 130 cm³/mol. The second-order valence-electron chi connectivity index (χ2n) is 8.12. The highest BCUT2D eigenvalue weighted by Gasteiger charge is 2.39. The first-order valence-corrected chi connectivity index (χ1v) is 12.5. The number of benzene rings is 4. The third kappa shape index (κ3) is 5.22. The van der Waals surface area contributed by atoms with E-state index in [2.05, 4.69) is 0 Å². The molecule has 0 spiro atoms. The quantitative estimate of drug-likeness (QED) is 0.393. The normalized spacial score (nSPS) is 11.9. The molecule has 0 unspecified atom stereocenters. The van der Waals surface area contributed by atoms with Crippen LogP contribution in [0.15, 0.2) is 121 Å². The Labute approximate surface area is 184 Å². The topological polar surface area (TPSA) is 37.3 Å². The van der Waals surface area contributed by atoms with Gasteiger partial charge in [-0.15, -0.1) is 0 Å². The molecule has 0 bridgehead atoms. The minimum atomic E-state index is -3.07. The molecule has 156 valence electrons. The predicted octanol–water partition coefficient (Wildman–Crippen LogP) is 5.22. The number of hydrogen-bond acceptors (Lipinski definition) is 2. The lowest BCUT2D eigenvalue weighted by atomic mass is 9.89. The van der Waals surface area contributed by atoms with E-state index in [1.165, 1.54) is 0 Å². The van der Waals surface area contributed by atoms with Gasteiger partial charge in [-0.1, -0.05) is 121 Å². The molecular weight excluding hydrogens is 399 g/mol. The summed E-state index contributed by atoms with van der Waals surface area (Å²) in [6.07, 6.45) is 1.05. The molecule has 4 aromatic rings. The summed E-state index contributed by atoms with van der Waals surface area (Å²) < 4.78 is 14.7. The van der Waals surface area contributed by atoms with E-state index in [4.69, 9.17) is 0 Å². The van der Waals surface area contributed by atoms with E-state index < -0.39 is 12.7 Å². The summed E-state index contributed by atoms with van der Waals surface area (Å²) in [6.45, 7) is 0. The molecule has 0 aliphatic carbocycles. The van der Waals surface area contributed by atoms with Crippen LogP contribution in [0.4, 0.5) is 0 Å². The number of rotatable bonds is 8. The summed E-state index contributed by atoms with van der Waals surface area (Å²) in [6, 6.07) is 39.1. The third-order valence-electron chi connectivity index (χ3n) is 5.62. The van der Waals surface area contributed by atoms with Gasteiger partial charge in [-0.25, -0.2) is 0 Å². The molecule has 0 saturated carbocycles. The summed E-state index contributed by atoms with van der Waals surface area (Å²) in [5.41, 5.74) is 0.909. The van der Waals surface area contributed by atoms with Crippen LogP contribution in [0.1, 0.15) is 11.1 Å². The molecule has 0 saturated heterocycles. The van der Waals surface area contributed by atoms with Crippen molar-refractivity contribution in [1.29, 1.82) is 0 Å². The minimum Gasteiger partial charge on any atom is -0.389 e. The van der Waals surface area contributed by atoms with E-state index >= 15 is 0 Å². The summed E-state index contributed by atoms with van der Waals surface area (Å²) in [4.78, 5) is 0. The molecule has 4 rings (SSSR count). The van der Waals surface area contributed by atoms with Gasteiger partial charge in [0.05, 0.1) is 5.60 Å². The van der Waals surface area contributed by atoms with Gasteiger partial charge in [-0.3, -0.25) is 0 Å². The van der Waals surface area contributed by atoms with Crippen LogP contribution in [0.5, 0.6) is 0 Å². The van der Waals surface area contributed by atoms with Crippen molar-refractivity contribution in [3.8, 4) is 0 Å². The van der Waals surface area contributed by atoms with E-state index in [1.807, 2.05) is 121 Å². The lowest BCUT2D eigenvalue weighted by Gasteiger charge is -2.33. The lowest BCUT2D eigenvalue weighted by Crippen LogP contribution is -2.41. The molecule has 0 radical (unpaired) electrons. The molecule has 31 heavy (non-hydrogen) atoms. The maximum absolute atomic E-state index is 14.7. The van der Waals surface area contributed by atoms with Gasteiger partial charge in [0.25, 0.3) is 0 Å².